The number of rotatable bonds is 4. The molecule has 1 aromatic rings. The van der Waals surface area contributed by atoms with Gasteiger partial charge in [0.15, 0.2) is 0 Å². The highest BCUT2D eigenvalue weighted by Gasteiger charge is 2.22. The molecule has 0 amide bonds. The predicted molar refractivity (Wildman–Crippen MR) is 63.8 cm³/mol. The molecule has 0 saturated carbocycles. The van der Waals surface area contributed by atoms with Gasteiger partial charge < -0.3 is 5.73 Å². The number of halogens is 1. The second-order valence-electron chi connectivity index (χ2n) is 4.44. The summed E-state index contributed by atoms with van der Waals surface area (Å²) < 4.78 is 12.7. The first-order chi connectivity index (χ1) is 7.79. The number of hydrogen-bond donors (Lipinski definition) is 1. The Morgan fingerprint density at radius 3 is 2.75 bits per heavy atom. The van der Waals surface area contributed by atoms with Gasteiger partial charge in [-0.05, 0) is 43.5 Å². The van der Waals surface area contributed by atoms with Crippen LogP contribution in [0.3, 0.4) is 0 Å². The quantitative estimate of drug-likeness (QED) is 0.841. The second-order valence-corrected chi connectivity index (χ2v) is 4.44. The molecule has 16 heavy (non-hydrogen) atoms. The van der Waals surface area contributed by atoms with Gasteiger partial charge in [0.2, 0.25) is 0 Å². The topological polar surface area (TPSA) is 29.3 Å². The van der Waals surface area contributed by atoms with Crippen LogP contribution in [-0.2, 0) is 6.42 Å². The van der Waals surface area contributed by atoms with Gasteiger partial charge in [-0.2, -0.15) is 0 Å². The minimum atomic E-state index is -0.162. The van der Waals surface area contributed by atoms with E-state index in [0.717, 1.165) is 26.1 Å². The zero-order chi connectivity index (χ0) is 11.4. The number of nitrogens with two attached hydrogens (primary N) is 1. The van der Waals surface area contributed by atoms with Gasteiger partial charge in [0.25, 0.3) is 0 Å². The molecule has 1 saturated heterocycles. The van der Waals surface area contributed by atoms with Gasteiger partial charge >= 0.3 is 0 Å². The standard InChI is InChI=1S/C13H19FN2/c14-12-5-3-11(4-6-12)7-9-16-8-1-2-13(16)10-15/h3-6,13H,1-2,7-10,15H2. The molecule has 2 rings (SSSR count). The van der Waals surface area contributed by atoms with Crippen molar-refractivity contribution in [3.8, 4) is 0 Å². The van der Waals surface area contributed by atoms with E-state index in [1.54, 1.807) is 0 Å². The average molecular weight is 222 g/mol. The summed E-state index contributed by atoms with van der Waals surface area (Å²) in [4.78, 5) is 2.45. The smallest absolute Gasteiger partial charge is 0.123 e. The summed E-state index contributed by atoms with van der Waals surface area (Å²) in [6.45, 7) is 2.94. The Hall–Kier alpha value is -0.930. The third-order valence-electron chi connectivity index (χ3n) is 3.37. The van der Waals surface area contributed by atoms with Gasteiger partial charge in [0.1, 0.15) is 5.82 Å². The van der Waals surface area contributed by atoms with Crippen LogP contribution in [0.5, 0.6) is 0 Å². The number of likely N-dealkylation sites (tertiary alicyclic amines) is 1. The first-order valence-corrected chi connectivity index (χ1v) is 5.98. The van der Waals surface area contributed by atoms with Crippen molar-refractivity contribution in [3.05, 3.63) is 35.6 Å². The van der Waals surface area contributed by atoms with Crippen molar-refractivity contribution in [2.24, 2.45) is 5.73 Å². The van der Waals surface area contributed by atoms with Gasteiger partial charge in [-0.1, -0.05) is 12.1 Å². The van der Waals surface area contributed by atoms with E-state index >= 15 is 0 Å². The predicted octanol–water partition coefficient (Wildman–Crippen LogP) is 1.79. The average Bonchev–Trinajstić information content (AvgIpc) is 2.76. The van der Waals surface area contributed by atoms with E-state index < -0.39 is 0 Å². The number of benzene rings is 1. The van der Waals surface area contributed by atoms with E-state index in [4.69, 9.17) is 5.73 Å². The maximum absolute atomic E-state index is 12.7. The molecule has 1 aromatic carbocycles. The zero-order valence-corrected chi connectivity index (χ0v) is 9.53. The van der Waals surface area contributed by atoms with Crippen molar-refractivity contribution in [2.45, 2.75) is 25.3 Å². The van der Waals surface area contributed by atoms with Gasteiger partial charge in [-0.3, -0.25) is 4.90 Å². The van der Waals surface area contributed by atoms with E-state index in [1.165, 1.54) is 30.5 Å². The monoisotopic (exact) mass is 222 g/mol. The van der Waals surface area contributed by atoms with Gasteiger partial charge in [0.05, 0.1) is 0 Å². The lowest BCUT2D eigenvalue weighted by atomic mass is 10.1. The lowest BCUT2D eigenvalue weighted by Crippen LogP contribution is -2.36. The Kier molecular flexibility index (Phi) is 3.91. The Morgan fingerprint density at radius 1 is 1.31 bits per heavy atom. The van der Waals surface area contributed by atoms with Crippen LogP contribution in [0.15, 0.2) is 24.3 Å². The molecule has 1 heterocycles. The number of hydrogen-bond acceptors (Lipinski definition) is 2. The molecule has 1 unspecified atom stereocenters. The molecule has 1 aliphatic rings. The summed E-state index contributed by atoms with van der Waals surface area (Å²) in [6, 6.07) is 7.34. The van der Waals surface area contributed by atoms with Crippen LogP contribution >= 0.6 is 0 Å². The summed E-state index contributed by atoms with van der Waals surface area (Å²) in [6.07, 6.45) is 3.46. The maximum Gasteiger partial charge on any atom is 0.123 e. The molecule has 3 heteroatoms. The van der Waals surface area contributed by atoms with Crippen LogP contribution in [-0.4, -0.2) is 30.6 Å². The minimum Gasteiger partial charge on any atom is -0.329 e. The molecule has 1 aliphatic heterocycles. The van der Waals surface area contributed by atoms with Crippen molar-refractivity contribution in [1.29, 1.82) is 0 Å². The maximum atomic E-state index is 12.7. The van der Waals surface area contributed by atoms with E-state index in [0.29, 0.717) is 6.04 Å². The molecule has 0 bridgehead atoms. The van der Waals surface area contributed by atoms with Crippen molar-refractivity contribution < 1.29 is 4.39 Å². The van der Waals surface area contributed by atoms with Crippen LogP contribution in [0.4, 0.5) is 4.39 Å². The molecule has 0 radical (unpaired) electrons. The van der Waals surface area contributed by atoms with Crippen LogP contribution in [0.25, 0.3) is 0 Å². The molecule has 1 atom stereocenters. The summed E-state index contributed by atoms with van der Waals surface area (Å²) >= 11 is 0. The first kappa shape index (κ1) is 11.6. The van der Waals surface area contributed by atoms with Crippen molar-refractivity contribution >= 4 is 0 Å². The number of nitrogens with zero attached hydrogens (tertiary/aromatic N) is 1. The summed E-state index contributed by atoms with van der Waals surface area (Å²) in [5.74, 6) is -0.162. The molecular weight excluding hydrogens is 203 g/mol. The Balaban J connectivity index is 1.85. The lowest BCUT2D eigenvalue weighted by molar-refractivity contribution is 0.262. The van der Waals surface area contributed by atoms with Gasteiger partial charge in [-0.25, -0.2) is 4.39 Å². The Labute approximate surface area is 96.2 Å². The highest BCUT2D eigenvalue weighted by atomic mass is 19.1. The van der Waals surface area contributed by atoms with Crippen LogP contribution < -0.4 is 5.73 Å². The van der Waals surface area contributed by atoms with Crippen molar-refractivity contribution in [3.63, 3.8) is 0 Å². The molecule has 2 nitrogen and oxygen atoms in total. The van der Waals surface area contributed by atoms with Gasteiger partial charge in [-0.15, -0.1) is 0 Å². The fourth-order valence-corrected chi connectivity index (χ4v) is 2.38. The minimum absolute atomic E-state index is 0.162. The first-order valence-electron chi connectivity index (χ1n) is 5.98. The molecule has 88 valence electrons. The Morgan fingerprint density at radius 2 is 2.06 bits per heavy atom. The summed E-state index contributed by atoms with van der Waals surface area (Å²) in [7, 11) is 0. The second kappa shape index (κ2) is 5.41. The van der Waals surface area contributed by atoms with Crippen molar-refractivity contribution in [2.75, 3.05) is 19.6 Å². The highest BCUT2D eigenvalue weighted by molar-refractivity contribution is 5.16. The molecule has 0 spiro atoms. The molecule has 2 N–H and O–H groups in total. The van der Waals surface area contributed by atoms with Crippen molar-refractivity contribution in [1.82, 2.24) is 4.90 Å². The lowest BCUT2D eigenvalue weighted by Gasteiger charge is -2.22. The van der Waals surface area contributed by atoms with Gasteiger partial charge in [0, 0.05) is 19.1 Å². The highest BCUT2D eigenvalue weighted by Crippen LogP contribution is 2.16. The molecular formula is C13H19FN2. The zero-order valence-electron chi connectivity index (χ0n) is 9.53. The van der Waals surface area contributed by atoms with E-state index in [1.807, 2.05) is 12.1 Å². The normalized spacial score (nSPS) is 21.5. The van der Waals surface area contributed by atoms with Crippen LogP contribution in [0.1, 0.15) is 18.4 Å². The van der Waals surface area contributed by atoms with Crippen LogP contribution in [0, 0.1) is 5.82 Å². The SMILES string of the molecule is NCC1CCCN1CCc1ccc(F)cc1. The fraction of sp³-hybridized carbons (Fsp3) is 0.538. The Bertz CT molecular complexity index is 323. The molecule has 1 fully saturated rings. The largest absolute Gasteiger partial charge is 0.329 e. The fourth-order valence-electron chi connectivity index (χ4n) is 2.38. The summed E-state index contributed by atoms with van der Waals surface area (Å²) in [5, 5.41) is 0. The molecule has 0 aliphatic carbocycles. The van der Waals surface area contributed by atoms with E-state index in [9.17, 15) is 4.39 Å². The van der Waals surface area contributed by atoms with Crippen LogP contribution in [0.2, 0.25) is 0 Å². The third kappa shape index (κ3) is 2.80. The van der Waals surface area contributed by atoms with E-state index in [-0.39, 0.29) is 5.82 Å². The molecule has 0 aromatic heterocycles. The summed E-state index contributed by atoms with van der Waals surface area (Å²) in [5.41, 5.74) is 6.92. The van der Waals surface area contributed by atoms with E-state index in [2.05, 4.69) is 4.90 Å². The third-order valence-corrected chi connectivity index (χ3v) is 3.37.